The maximum atomic E-state index is 12.9. The lowest BCUT2D eigenvalue weighted by atomic mass is 10.3. The summed E-state index contributed by atoms with van der Waals surface area (Å²) in [5.41, 5.74) is 0.710. The highest BCUT2D eigenvalue weighted by Crippen LogP contribution is 2.17. The molecule has 0 saturated heterocycles. The third-order valence-electron chi connectivity index (χ3n) is 3.45. The SMILES string of the molecule is CCOC(=O)Cc1csc(NC(=O)c2ccn(COc3ccc(F)cc3)n2)n1. The van der Waals surface area contributed by atoms with Crippen molar-refractivity contribution in [1.82, 2.24) is 14.8 Å². The molecular formula is C18H17FN4O4S. The Morgan fingerprint density at radius 3 is 2.79 bits per heavy atom. The van der Waals surface area contributed by atoms with Gasteiger partial charge in [0, 0.05) is 11.6 Å². The molecule has 0 aliphatic heterocycles. The molecule has 0 fully saturated rings. The molecule has 2 aromatic heterocycles. The molecule has 0 radical (unpaired) electrons. The minimum atomic E-state index is -0.433. The van der Waals surface area contributed by atoms with Gasteiger partial charge in [-0.05, 0) is 37.3 Å². The zero-order chi connectivity index (χ0) is 19.9. The van der Waals surface area contributed by atoms with Crippen LogP contribution in [0.2, 0.25) is 0 Å². The van der Waals surface area contributed by atoms with Gasteiger partial charge in [-0.25, -0.2) is 14.1 Å². The molecule has 0 atom stereocenters. The van der Waals surface area contributed by atoms with Gasteiger partial charge >= 0.3 is 5.97 Å². The van der Waals surface area contributed by atoms with Gasteiger partial charge in [0.05, 0.1) is 18.7 Å². The largest absolute Gasteiger partial charge is 0.471 e. The van der Waals surface area contributed by atoms with Crippen molar-refractivity contribution in [3.05, 3.63) is 59.1 Å². The predicted molar refractivity (Wildman–Crippen MR) is 99.7 cm³/mol. The summed E-state index contributed by atoms with van der Waals surface area (Å²) in [5.74, 6) is -0.666. The number of benzene rings is 1. The van der Waals surface area contributed by atoms with Gasteiger partial charge in [-0.3, -0.25) is 14.9 Å². The summed E-state index contributed by atoms with van der Waals surface area (Å²) in [7, 11) is 0. The first-order valence-electron chi connectivity index (χ1n) is 8.36. The van der Waals surface area contributed by atoms with E-state index in [0.717, 1.165) is 0 Å². The van der Waals surface area contributed by atoms with Gasteiger partial charge in [0.15, 0.2) is 17.6 Å². The Morgan fingerprint density at radius 2 is 2.04 bits per heavy atom. The van der Waals surface area contributed by atoms with E-state index in [1.54, 1.807) is 18.5 Å². The Balaban J connectivity index is 1.53. The molecule has 0 unspecified atom stereocenters. The lowest BCUT2D eigenvalue weighted by molar-refractivity contribution is -0.142. The Bertz CT molecular complexity index is 955. The molecule has 2 heterocycles. The lowest BCUT2D eigenvalue weighted by Gasteiger charge is -2.05. The van der Waals surface area contributed by atoms with Crippen LogP contribution in [0.25, 0.3) is 0 Å². The van der Waals surface area contributed by atoms with Crippen molar-refractivity contribution >= 4 is 28.3 Å². The van der Waals surface area contributed by atoms with E-state index in [4.69, 9.17) is 9.47 Å². The van der Waals surface area contributed by atoms with Crippen LogP contribution in [-0.2, 0) is 22.7 Å². The molecule has 0 aliphatic carbocycles. The minimum absolute atomic E-state index is 0.0512. The number of carbonyl (C=O) groups is 2. The summed E-state index contributed by atoms with van der Waals surface area (Å²) in [6.07, 6.45) is 1.64. The van der Waals surface area contributed by atoms with Gasteiger partial charge in [0.25, 0.3) is 5.91 Å². The molecule has 3 rings (SSSR count). The number of amides is 1. The topological polar surface area (TPSA) is 95.3 Å². The Kier molecular flexibility index (Phi) is 6.33. The molecule has 28 heavy (non-hydrogen) atoms. The van der Waals surface area contributed by atoms with E-state index in [1.165, 1.54) is 46.4 Å². The number of anilines is 1. The monoisotopic (exact) mass is 404 g/mol. The van der Waals surface area contributed by atoms with Crippen LogP contribution >= 0.6 is 11.3 Å². The van der Waals surface area contributed by atoms with Crippen LogP contribution < -0.4 is 10.1 Å². The van der Waals surface area contributed by atoms with Crippen LogP contribution in [-0.4, -0.2) is 33.2 Å². The van der Waals surface area contributed by atoms with Gasteiger partial charge in [-0.1, -0.05) is 0 Å². The smallest absolute Gasteiger partial charge is 0.311 e. The second kappa shape index (κ2) is 9.09. The van der Waals surface area contributed by atoms with E-state index < -0.39 is 5.91 Å². The van der Waals surface area contributed by atoms with E-state index in [-0.39, 0.29) is 30.6 Å². The van der Waals surface area contributed by atoms with Crippen molar-refractivity contribution in [1.29, 1.82) is 0 Å². The molecular weight excluding hydrogens is 387 g/mol. The number of hydrogen-bond acceptors (Lipinski definition) is 7. The van der Waals surface area contributed by atoms with Crippen molar-refractivity contribution in [2.45, 2.75) is 20.1 Å². The molecule has 1 N–H and O–H groups in total. The first-order chi connectivity index (χ1) is 13.5. The average molecular weight is 404 g/mol. The molecule has 1 aromatic carbocycles. The van der Waals surface area contributed by atoms with E-state index >= 15 is 0 Å². The van der Waals surface area contributed by atoms with Crippen molar-refractivity contribution in [3.8, 4) is 5.75 Å². The lowest BCUT2D eigenvalue weighted by Crippen LogP contribution is -2.14. The van der Waals surface area contributed by atoms with Crippen LogP contribution in [0.4, 0.5) is 9.52 Å². The maximum Gasteiger partial charge on any atom is 0.311 e. The normalized spacial score (nSPS) is 10.5. The number of hydrogen-bond donors (Lipinski definition) is 1. The van der Waals surface area contributed by atoms with E-state index in [9.17, 15) is 14.0 Å². The minimum Gasteiger partial charge on any atom is -0.471 e. The Labute approximate surface area is 163 Å². The van der Waals surface area contributed by atoms with Crippen molar-refractivity contribution in [2.24, 2.45) is 0 Å². The summed E-state index contributed by atoms with van der Waals surface area (Å²) < 4.78 is 24.6. The standard InChI is InChI=1S/C18H17FN4O4S/c1-2-26-16(24)9-13-10-28-18(20-13)21-17(25)15-7-8-23(22-15)11-27-14-5-3-12(19)4-6-14/h3-8,10H,2,9,11H2,1H3,(H,20,21,25). The van der Waals surface area contributed by atoms with Crippen LogP contribution in [0.1, 0.15) is 23.1 Å². The van der Waals surface area contributed by atoms with Crippen molar-refractivity contribution in [2.75, 3.05) is 11.9 Å². The fourth-order valence-electron chi connectivity index (χ4n) is 2.19. The van der Waals surface area contributed by atoms with Crippen molar-refractivity contribution in [3.63, 3.8) is 0 Å². The third-order valence-corrected chi connectivity index (χ3v) is 4.26. The highest BCUT2D eigenvalue weighted by molar-refractivity contribution is 7.14. The third kappa shape index (κ3) is 5.36. The van der Waals surface area contributed by atoms with E-state index in [0.29, 0.717) is 23.2 Å². The van der Waals surface area contributed by atoms with Crippen molar-refractivity contribution < 1.29 is 23.5 Å². The molecule has 3 aromatic rings. The number of ether oxygens (including phenoxy) is 2. The fraction of sp³-hybridized carbons (Fsp3) is 0.222. The molecule has 0 aliphatic rings. The summed E-state index contributed by atoms with van der Waals surface area (Å²) in [4.78, 5) is 27.9. The van der Waals surface area contributed by atoms with Crippen LogP contribution in [0.15, 0.2) is 41.9 Å². The number of rotatable bonds is 8. The number of esters is 1. The van der Waals surface area contributed by atoms with Gasteiger partial charge in [-0.2, -0.15) is 5.10 Å². The molecule has 10 heteroatoms. The van der Waals surface area contributed by atoms with Crippen LogP contribution in [0.5, 0.6) is 5.75 Å². The Morgan fingerprint density at radius 1 is 1.25 bits per heavy atom. The molecule has 0 saturated carbocycles. The summed E-state index contributed by atoms with van der Waals surface area (Å²) in [6, 6.07) is 7.13. The van der Waals surface area contributed by atoms with Crippen LogP contribution in [0, 0.1) is 5.82 Å². The molecule has 0 bridgehead atoms. The molecule has 1 amide bonds. The quantitative estimate of drug-likeness (QED) is 0.580. The number of nitrogens with one attached hydrogen (secondary N) is 1. The second-order valence-corrected chi connectivity index (χ2v) is 6.41. The second-order valence-electron chi connectivity index (χ2n) is 5.55. The first kappa shape index (κ1) is 19.5. The average Bonchev–Trinajstić information content (AvgIpc) is 3.31. The fourth-order valence-corrected chi connectivity index (χ4v) is 2.90. The summed E-state index contributed by atoms with van der Waals surface area (Å²) in [6.45, 7) is 2.11. The van der Waals surface area contributed by atoms with Gasteiger partial charge < -0.3 is 9.47 Å². The Hall–Kier alpha value is -3.27. The predicted octanol–water partition coefficient (Wildman–Crippen LogP) is 2.87. The zero-order valence-electron chi connectivity index (χ0n) is 14.9. The number of halogens is 1. The number of thiazole rings is 1. The summed E-state index contributed by atoms with van der Waals surface area (Å²) >= 11 is 1.21. The van der Waals surface area contributed by atoms with E-state index in [2.05, 4.69) is 15.4 Å². The molecule has 146 valence electrons. The highest BCUT2D eigenvalue weighted by atomic mass is 32.1. The first-order valence-corrected chi connectivity index (χ1v) is 9.24. The van der Waals surface area contributed by atoms with Crippen LogP contribution in [0.3, 0.4) is 0 Å². The van der Waals surface area contributed by atoms with Gasteiger partial charge in [0.2, 0.25) is 0 Å². The molecule has 0 spiro atoms. The van der Waals surface area contributed by atoms with Gasteiger partial charge in [0.1, 0.15) is 11.6 Å². The molecule has 8 nitrogen and oxygen atoms in total. The zero-order valence-corrected chi connectivity index (χ0v) is 15.7. The number of carbonyl (C=O) groups excluding carboxylic acids is 2. The number of aromatic nitrogens is 3. The maximum absolute atomic E-state index is 12.9. The highest BCUT2D eigenvalue weighted by Gasteiger charge is 2.14. The summed E-state index contributed by atoms with van der Waals surface area (Å²) in [5, 5.41) is 8.81. The van der Waals surface area contributed by atoms with Gasteiger partial charge in [-0.15, -0.1) is 11.3 Å². The number of nitrogens with zero attached hydrogens (tertiary/aromatic N) is 3. The van der Waals surface area contributed by atoms with E-state index in [1.807, 2.05) is 0 Å².